The third-order valence-corrected chi connectivity index (χ3v) is 3.53. The fourth-order valence-electron chi connectivity index (χ4n) is 2.49. The summed E-state index contributed by atoms with van der Waals surface area (Å²) in [6, 6.07) is 8.53. The van der Waals surface area contributed by atoms with Gasteiger partial charge in [-0.2, -0.15) is 5.10 Å². The van der Waals surface area contributed by atoms with Crippen molar-refractivity contribution in [3.05, 3.63) is 47.3 Å². The molecule has 2 aromatic rings. The quantitative estimate of drug-likeness (QED) is 0.879. The molecule has 1 aromatic heterocycles. The third kappa shape index (κ3) is 2.85. The van der Waals surface area contributed by atoms with Crippen molar-refractivity contribution in [2.45, 2.75) is 32.9 Å². The van der Waals surface area contributed by atoms with Gasteiger partial charge in [0.05, 0.1) is 18.8 Å². The van der Waals surface area contributed by atoms with E-state index in [1.54, 1.807) is 7.11 Å². The summed E-state index contributed by atoms with van der Waals surface area (Å²) in [7, 11) is 3.68. The first kappa shape index (κ1) is 14.6. The molecular weight excluding hydrogens is 250 g/mol. The summed E-state index contributed by atoms with van der Waals surface area (Å²) >= 11 is 0. The van der Waals surface area contributed by atoms with Crippen LogP contribution in [0.1, 0.15) is 36.2 Å². The minimum absolute atomic E-state index is 0.124. The van der Waals surface area contributed by atoms with Gasteiger partial charge in [0.25, 0.3) is 0 Å². The van der Waals surface area contributed by atoms with Gasteiger partial charge >= 0.3 is 0 Å². The first-order valence-corrected chi connectivity index (χ1v) is 7.04. The van der Waals surface area contributed by atoms with Crippen LogP contribution in [0.5, 0.6) is 5.75 Å². The normalized spacial score (nSPS) is 12.4. The van der Waals surface area contributed by atoms with E-state index in [0.29, 0.717) is 0 Å². The lowest BCUT2D eigenvalue weighted by molar-refractivity contribution is 0.410. The van der Waals surface area contributed by atoms with Gasteiger partial charge in [-0.1, -0.05) is 19.1 Å². The van der Waals surface area contributed by atoms with Crippen LogP contribution >= 0.6 is 0 Å². The topological polar surface area (TPSA) is 39.1 Å². The predicted octanol–water partition coefficient (Wildman–Crippen LogP) is 2.92. The molecule has 1 N–H and O–H groups in total. The van der Waals surface area contributed by atoms with Gasteiger partial charge in [0.15, 0.2) is 0 Å². The highest BCUT2D eigenvalue weighted by Crippen LogP contribution is 2.27. The first-order chi connectivity index (χ1) is 9.71. The third-order valence-electron chi connectivity index (χ3n) is 3.53. The second kappa shape index (κ2) is 6.57. The van der Waals surface area contributed by atoms with E-state index in [9.17, 15) is 0 Å². The van der Waals surface area contributed by atoms with Crippen molar-refractivity contribution in [1.29, 1.82) is 0 Å². The van der Waals surface area contributed by atoms with Crippen molar-refractivity contribution in [2.75, 3.05) is 14.2 Å². The zero-order chi connectivity index (χ0) is 14.5. The van der Waals surface area contributed by atoms with Crippen LogP contribution < -0.4 is 10.1 Å². The summed E-state index contributed by atoms with van der Waals surface area (Å²) in [6.07, 6.45) is 2.93. The monoisotopic (exact) mass is 273 g/mol. The molecule has 1 heterocycles. The number of ether oxygens (including phenoxy) is 1. The molecule has 0 spiro atoms. The maximum absolute atomic E-state index is 5.43. The van der Waals surface area contributed by atoms with Gasteiger partial charge in [0.1, 0.15) is 5.75 Å². The fraction of sp³-hybridized carbons (Fsp3) is 0.438. The maximum Gasteiger partial charge on any atom is 0.122 e. The molecule has 0 aliphatic carbocycles. The number of aryl methyl sites for hydroxylation is 2. The number of rotatable bonds is 6. The van der Waals surface area contributed by atoms with E-state index < -0.39 is 0 Å². The van der Waals surface area contributed by atoms with Gasteiger partial charge in [-0.05, 0) is 43.7 Å². The average Bonchev–Trinajstić information content (AvgIpc) is 2.90. The van der Waals surface area contributed by atoms with Gasteiger partial charge < -0.3 is 10.1 Å². The van der Waals surface area contributed by atoms with Crippen LogP contribution in [-0.4, -0.2) is 23.9 Å². The molecule has 1 aromatic carbocycles. The molecule has 0 radical (unpaired) electrons. The standard InChI is InChI=1S/C16H23N3O/c1-5-10-19-14(8-9-18-19)16(17-3)13-7-6-12(2)15(11-13)20-4/h6-9,11,16-17H,5,10H2,1-4H3. The largest absolute Gasteiger partial charge is 0.496 e. The van der Waals surface area contributed by atoms with Crippen LogP contribution in [0, 0.1) is 6.92 Å². The van der Waals surface area contributed by atoms with Crippen LogP contribution in [0.2, 0.25) is 0 Å². The molecular formula is C16H23N3O. The molecule has 1 atom stereocenters. The van der Waals surface area contributed by atoms with Crippen molar-refractivity contribution >= 4 is 0 Å². The highest BCUT2D eigenvalue weighted by atomic mass is 16.5. The number of nitrogens with zero attached hydrogens (tertiary/aromatic N) is 2. The van der Waals surface area contributed by atoms with E-state index in [2.05, 4.69) is 53.2 Å². The molecule has 1 unspecified atom stereocenters. The molecule has 20 heavy (non-hydrogen) atoms. The summed E-state index contributed by atoms with van der Waals surface area (Å²) in [4.78, 5) is 0. The smallest absolute Gasteiger partial charge is 0.122 e. The predicted molar refractivity (Wildman–Crippen MR) is 81.2 cm³/mol. The fourth-order valence-corrected chi connectivity index (χ4v) is 2.49. The van der Waals surface area contributed by atoms with Gasteiger partial charge in [-0.3, -0.25) is 4.68 Å². The summed E-state index contributed by atoms with van der Waals surface area (Å²) in [6.45, 7) is 5.15. The number of hydrogen-bond acceptors (Lipinski definition) is 3. The van der Waals surface area contributed by atoms with Crippen LogP contribution in [0.15, 0.2) is 30.5 Å². The second-order valence-electron chi connectivity index (χ2n) is 4.93. The Balaban J connectivity index is 2.39. The summed E-state index contributed by atoms with van der Waals surface area (Å²) in [5.41, 5.74) is 3.52. The van der Waals surface area contributed by atoms with E-state index in [-0.39, 0.29) is 6.04 Å². The van der Waals surface area contributed by atoms with Gasteiger partial charge in [0.2, 0.25) is 0 Å². The van der Waals surface area contributed by atoms with E-state index in [1.165, 1.54) is 11.3 Å². The van der Waals surface area contributed by atoms with Crippen molar-refractivity contribution < 1.29 is 4.74 Å². The molecule has 0 aliphatic heterocycles. The summed E-state index contributed by atoms with van der Waals surface area (Å²) in [5, 5.41) is 7.78. The molecule has 4 nitrogen and oxygen atoms in total. The molecule has 4 heteroatoms. The summed E-state index contributed by atoms with van der Waals surface area (Å²) < 4.78 is 7.49. The van der Waals surface area contributed by atoms with Gasteiger partial charge in [0, 0.05) is 12.7 Å². The van der Waals surface area contributed by atoms with E-state index in [0.717, 1.165) is 24.3 Å². The number of nitrogens with one attached hydrogen (secondary N) is 1. The van der Waals surface area contributed by atoms with Crippen molar-refractivity contribution in [3.8, 4) is 5.75 Å². The molecule has 108 valence electrons. The molecule has 0 saturated carbocycles. The Morgan fingerprint density at radius 3 is 2.80 bits per heavy atom. The van der Waals surface area contributed by atoms with E-state index >= 15 is 0 Å². The zero-order valence-corrected chi connectivity index (χ0v) is 12.7. The van der Waals surface area contributed by atoms with Gasteiger partial charge in [-0.15, -0.1) is 0 Å². The Morgan fingerprint density at radius 2 is 2.15 bits per heavy atom. The van der Waals surface area contributed by atoms with Crippen LogP contribution in [0.25, 0.3) is 0 Å². The Hall–Kier alpha value is -1.81. The highest BCUT2D eigenvalue weighted by Gasteiger charge is 2.17. The lowest BCUT2D eigenvalue weighted by atomic mass is 10.0. The molecule has 2 rings (SSSR count). The number of aromatic nitrogens is 2. The van der Waals surface area contributed by atoms with Crippen molar-refractivity contribution in [1.82, 2.24) is 15.1 Å². The maximum atomic E-state index is 5.43. The lowest BCUT2D eigenvalue weighted by Gasteiger charge is -2.19. The molecule has 0 amide bonds. The first-order valence-electron chi connectivity index (χ1n) is 7.04. The average molecular weight is 273 g/mol. The molecule has 0 aliphatic rings. The van der Waals surface area contributed by atoms with Crippen molar-refractivity contribution in [2.24, 2.45) is 0 Å². The van der Waals surface area contributed by atoms with Crippen LogP contribution in [0.4, 0.5) is 0 Å². The van der Waals surface area contributed by atoms with Crippen molar-refractivity contribution in [3.63, 3.8) is 0 Å². The Kier molecular flexibility index (Phi) is 4.79. The molecule has 0 fully saturated rings. The Labute approximate surface area is 120 Å². The molecule has 0 saturated heterocycles. The zero-order valence-electron chi connectivity index (χ0n) is 12.7. The second-order valence-corrected chi connectivity index (χ2v) is 4.93. The molecule has 0 bridgehead atoms. The Bertz CT molecular complexity index is 563. The SMILES string of the molecule is CCCn1nccc1C(NC)c1ccc(C)c(OC)c1. The highest BCUT2D eigenvalue weighted by molar-refractivity contribution is 5.40. The number of methoxy groups -OCH3 is 1. The Morgan fingerprint density at radius 1 is 1.35 bits per heavy atom. The van der Waals surface area contributed by atoms with E-state index in [4.69, 9.17) is 4.74 Å². The van der Waals surface area contributed by atoms with Gasteiger partial charge in [-0.25, -0.2) is 0 Å². The number of hydrogen-bond donors (Lipinski definition) is 1. The minimum Gasteiger partial charge on any atom is -0.496 e. The van der Waals surface area contributed by atoms with E-state index in [1.807, 2.05) is 13.2 Å². The lowest BCUT2D eigenvalue weighted by Crippen LogP contribution is -2.21. The summed E-state index contributed by atoms with van der Waals surface area (Å²) in [5.74, 6) is 0.921. The van der Waals surface area contributed by atoms with Crippen LogP contribution in [-0.2, 0) is 6.54 Å². The minimum atomic E-state index is 0.124. The van der Waals surface area contributed by atoms with Crippen LogP contribution in [0.3, 0.4) is 0 Å². The number of benzene rings is 1.